The molecule has 1 heterocycles. The summed E-state index contributed by atoms with van der Waals surface area (Å²) in [7, 11) is 0. The van der Waals surface area contributed by atoms with Crippen molar-refractivity contribution in [2.24, 2.45) is 11.8 Å². The van der Waals surface area contributed by atoms with E-state index >= 15 is 0 Å². The zero-order valence-corrected chi connectivity index (χ0v) is 16.7. The molecule has 1 aliphatic rings. The maximum absolute atomic E-state index is 12.9. The minimum Gasteiger partial charge on any atom is -0.342 e. The molecule has 2 aromatic rings. The Labute approximate surface area is 167 Å². The van der Waals surface area contributed by atoms with Crippen molar-refractivity contribution >= 4 is 17.5 Å². The van der Waals surface area contributed by atoms with Crippen LogP contribution >= 0.6 is 0 Å². The standard InChI is InChI=1S/C23H29N3O2/c1-18(2)23(28)25-15-13-20(14-16-25)22(27)24-26(21-11-7-4-8-12-21)17-19-9-5-3-6-10-19/h3-12,18,20H,13-17H2,1-2H3,(H,24,27). The second-order valence-electron chi connectivity index (χ2n) is 7.64. The number of anilines is 1. The molecule has 2 aromatic carbocycles. The first-order valence-corrected chi connectivity index (χ1v) is 10.0. The molecule has 0 aromatic heterocycles. The van der Waals surface area contributed by atoms with Crippen molar-refractivity contribution in [1.29, 1.82) is 0 Å². The highest BCUT2D eigenvalue weighted by Crippen LogP contribution is 2.21. The SMILES string of the molecule is CC(C)C(=O)N1CCC(C(=O)NN(Cc2ccccc2)c2ccccc2)CC1. The summed E-state index contributed by atoms with van der Waals surface area (Å²) in [6.07, 6.45) is 1.41. The molecule has 0 atom stereocenters. The van der Waals surface area contributed by atoms with E-state index in [1.165, 1.54) is 0 Å². The zero-order valence-electron chi connectivity index (χ0n) is 16.7. The number of carbonyl (C=O) groups excluding carboxylic acids is 2. The number of benzene rings is 2. The molecule has 5 heteroatoms. The molecule has 0 aliphatic carbocycles. The summed E-state index contributed by atoms with van der Waals surface area (Å²) in [6, 6.07) is 20.0. The van der Waals surface area contributed by atoms with Gasteiger partial charge in [-0.2, -0.15) is 0 Å². The predicted molar refractivity (Wildman–Crippen MR) is 111 cm³/mol. The third-order valence-corrected chi connectivity index (χ3v) is 5.17. The highest BCUT2D eigenvalue weighted by atomic mass is 16.2. The number of para-hydroxylation sites is 1. The molecule has 3 rings (SSSR count). The monoisotopic (exact) mass is 379 g/mol. The van der Waals surface area contributed by atoms with E-state index in [0.717, 1.165) is 11.3 Å². The minimum atomic E-state index is -0.0711. The first kappa shape index (κ1) is 19.9. The van der Waals surface area contributed by atoms with E-state index in [-0.39, 0.29) is 23.7 Å². The molecule has 0 bridgehead atoms. The predicted octanol–water partition coefficient (Wildman–Crippen LogP) is 3.62. The van der Waals surface area contributed by atoms with Gasteiger partial charge in [-0.15, -0.1) is 0 Å². The van der Waals surface area contributed by atoms with Gasteiger partial charge in [0, 0.05) is 24.9 Å². The number of rotatable bonds is 6. The van der Waals surface area contributed by atoms with Gasteiger partial charge in [-0.1, -0.05) is 62.4 Å². The van der Waals surface area contributed by atoms with Gasteiger partial charge in [0.1, 0.15) is 0 Å². The average Bonchev–Trinajstić information content (AvgIpc) is 2.74. The first-order valence-electron chi connectivity index (χ1n) is 10.0. The number of carbonyl (C=O) groups is 2. The number of likely N-dealkylation sites (tertiary alicyclic amines) is 1. The topological polar surface area (TPSA) is 52.7 Å². The molecule has 2 amide bonds. The van der Waals surface area contributed by atoms with Crippen molar-refractivity contribution in [2.75, 3.05) is 18.1 Å². The Morgan fingerprint density at radius 1 is 1.00 bits per heavy atom. The van der Waals surface area contributed by atoms with Crippen molar-refractivity contribution in [3.8, 4) is 0 Å². The smallest absolute Gasteiger partial charge is 0.241 e. The average molecular weight is 380 g/mol. The third kappa shape index (κ3) is 5.12. The second-order valence-corrected chi connectivity index (χ2v) is 7.64. The van der Waals surface area contributed by atoms with Crippen LogP contribution in [0.4, 0.5) is 5.69 Å². The van der Waals surface area contributed by atoms with Crippen LogP contribution in [0.25, 0.3) is 0 Å². The normalized spacial score (nSPS) is 14.8. The molecular weight excluding hydrogens is 350 g/mol. The van der Waals surface area contributed by atoms with E-state index in [4.69, 9.17) is 0 Å². The van der Waals surface area contributed by atoms with E-state index in [0.29, 0.717) is 32.5 Å². The van der Waals surface area contributed by atoms with Gasteiger partial charge in [0.05, 0.1) is 12.2 Å². The van der Waals surface area contributed by atoms with Gasteiger partial charge in [-0.3, -0.25) is 20.0 Å². The Kier molecular flexibility index (Phi) is 6.69. The summed E-state index contributed by atoms with van der Waals surface area (Å²) >= 11 is 0. The van der Waals surface area contributed by atoms with Crippen molar-refractivity contribution in [2.45, 2.75) is 33.2 Å². The van der Waals surface area contributed by atoms with Gasteiger partial charge in [0.25, 0.3) is 0 Å². The van der Waals surface area contributed by atoms with Crippen LogP contribution in [-0.2, 0) is 16.1 Å². The van der Waals surface area contributed by atoms with Crippen LogP contribution in [0.2, 0.25) is 0 Å². The fraction of sp³-hybridized carbons (Fsp3) is 0.391. The molecule has 148 valence electrons. The van der Waals surface area contributed by atoms with E-state index in [9.17, 15) is 9.59 Å². The zero-order chi connectivity index (χ0) is 19.9. The fourth-order valence-corrected chi connectivity index (χ4v) is 3.52. The lowest BCUT2D eigenvalue weighted by Gasteiger charge is -2.34. The molecule has 0 unspecified atom stereocenters. The number of piperidine rings is 1. The van der Waals surface area contributed by atoms with Crippen LogP contribution in [-0.4, -0.2) is 29.8 Å². The Balaban J connectivity index is 1.64. The van der Waals surface area contributed by atoms with E-state index in [1.54, 1.807) is 0 Å². The van der Waals surface area contributed by atoms with Crippen LogP contribution in [0.5, 0.6) is 0 Å². The first-order chi connectivity index (χ1) is 13.5. The Bertz CT molecular complexity index is 769. The summed E-state index contributed by atoms with van der Waals surface area (Å²) in [5.74, 6) is 0.133. The summed E-state index contributed by atoms with van der Waals surface area (Å²) < 4.78 is 0. The lowest BCUT2D eigenvalue weighted by molar-refractivity contribution is -0.138. The highest BCUT2D eigenvalue weighted by molar-refractivity contribution is 5.82. The molecular formula is C23H29N3O2. The van der Waals surface area contributed by atoms with Gasteiger partial charge < -0.3 is 4.90 Å². The Hall–Kier alpha value is -2.82. The van der Waals surface area contributed by atoms with Crippen LogP contribution < -0.4 is 10.4 Å². The van der Waals surface area contributed by atoms with Crippen LogP contribution in [0.3, 0.4) is 0 Å². The van der Waals surface area contributed by atoms with E-state index < -0.39 is 0 Å². The van der Waals surface area contributed by atoms with Crippen molar-refractivity contribution in [3.63, 3.8) is 0 Å². The van der Waals surface area contributed by atoms with Gasteiger partial charge in [-0.25, -0.2) is 0 Å². The number of hydrogen-bond acceptors (Lipinski definition) is 3. The molecule has 0 radical (unpaired) electrons. The Morgan fingerprint density at radius 2 is 1.57 bits per heavy atom. The minimum absolute atomic E-state index is 0.00446. The second kappa shape index (κ2) is 9.40. The summed E-state index contributed by atoms with van der Waals surface area (Å²) in [4.78, 5) is 27.0. The van der Waals surface area contributed by atoms with Crippen molar-refractivity contribution < 1.29 is 9.59 Å². The maximum atomic E-state index is 12.9. The van der Waals surface area contributed by atoms with Crippen LogP contribution in [0.15, 0.2) is 60.7 Å². The van der Waals surface area contributed by atoms with Gasteiger partial charge in [0.15, 0.2) is 0 Å². The number of nitrogens with one attached hydrogen (secondary N) is 1. The molecule has 0 saturated carbocycles. The molecule has 28 heavy (non-hydrogen) atoms. The van der Waals surface area contributed by atoms with Crippen molar-refractivity contribution in [1.82, 2.24) is 10.3 Å². The lowest BCUT2D eigenvalue weighted by Crippen LogP contribution is -2.48. The number of hydrogen-bond donors (Lipinski definition) is 1. The van der Waals surface area contributed by atoms with E-state index in [2.05, 4.69) is 17.6 Å². The molecule has 1 aliphatic heterocycles. The number of nitrogens with zero attached hydrogens (tertiary/aromatic N) is 2. The third-order valence-electron chi connectivity index (χ3n) is 5.17. The van der Waals surface area contributed by atoms with Gasteiger partial charge >= 0.3 is 0 Å². The molecule has 1 N–H and O–H groups in total. The Morgan fingerprint density at radius 3 is 2.14 bits per heavy atom. The number of amides is 2. The van der Waals surface area contributed by atoms with E-state index in [1.807, 2.05) is 72.3 Å². The fourth-order valence-electron chi connectivity index (χ4n) is 3.52. The van der Waals surface area contributed by atoms with Gasteiger partial charge in [-0.05, 0) is 30.5 Å². The summed E-state index contributed by atoms with van der Waals surface area (Å²) in [6.45, 7) is 5.74. The highest BCUT2D eigenvalue weighted by Gasteiger charge is 2.29. The molecule has 1 fully saturated rings. The number of hydrazine groups is 1. The van der Waals surface area contributed by atoms with Crippen molar-refractivity contribution in [3.05, 3.63) is 66.2 Å². The largest absolute Gasteiger partial charge is 0.342 e. The van der Waals surface area contributed by atoms with Gasteiger partial charge in [0.2, 0.25) is 11.8 Å². The molecule has 0 spiro atoms. The van der Waals surface area contributed by atoms with Crippen LogP contribution in [0.1, 0.15) is 32.3 Å². The lowest BCUT2D eigenvalue weighted by atomic mass is 9.95. The van der Waals surface area contributed by atoms with Crippen LogP contribution in [0, 0.1) is 11.8 Å². The molecule has 5 nitrogen and oxygen atoms in total. The molecule has 1 saturated heterocycles. The summed E-state index contributed by atoms with van der Waals surface area (Å²) in [5, 5.41) is 1.91. The maximum Gasteiger partial charge on any atom is 0.241 e. The quantitative estimate of drug-likeness (QED) is 0.780. The summed E-state index contributed by atoms with van der Waals surface area (Å²) in [5.41, 5.74) is 5.19.